The molecule has 50 valence electrons. The van der Waals surface area contributed by atoms with Crippen LogP contribution < -0.4 is 5.32 Å². The lowest BCUT2D eigenvalue weighted by atomic mass is 10.3. The molecule has 0 amide bonds. The molecule has 0 aromatic heterocycles. The normalized spacial score (nSPS) is 9.56. The quantitative estimate of drug-likeness (QED) is 0.448. The molecule has 0 saturated heterocycles. The molecule has 9 heavy (non-hydrogen) atoms. The minimum absolute atomic E-state index is 0.0337. The Kier molecular flexibility index (Phi) is 3.44. The molecule has 0 aromatic rings. The van der Waals surface area contributed by atoms with Gasteiger partial charge in [0.15, 0.2) is 5.78 Å². The van der Waals surface area contributed by atoms with Crippen molar-refractivity contribution in [1.29, 1.82) is 0 Å². The van der Waals surface area contributed by atoms with Crippen LogP contribution in [-0.2, 0) is 4.79 Å². The average molecular weight is 125 g/mol. The minimum atomic E-state index is 0.0337. The van der Waals surface area contributed by atoms with Crippen LogP contribution in [0, 0.1) is 0 Å². The van der Waals surface area contributed by atoms with Crippen LogP contribution in [0.2, 0.25) is 0 Å². The molecule has 0 unspecified atom stereocenters. The van der Waals surface area contributed by atoms with Crippen LogP contribution in [0.15, 0.2) is 24.4 Å². The van der Waals surface area contributed by atoms with E-state index in [0.717, 1.165) is 5.70 Å². The number of ketones is 1. The van der Waals surface area contributed by atoms with Gasteiger partial charge in [-0.15, -0.1) is 0 Å². The predicted octanol–water partition coefficient (Wildman–Crippen LogP) is 0.865. The molecule has 0 heterocycles. The second kappa shape index (κ2) is 3.89. The Balaban J connectivity index is 3.71. The van der Waals surface area contributed by atoms with Gasteiger partial charge in [-0.1, -0.05) is 6.58 Å². The van der Waals surface area contributed by atoms with Crippen LogP contribution in [0.5, 0.6) is 0 Å². The number of likely N-dealkylation sites (N-methyl/N-ethyl adjacent to an activating group) is 1. The Hall–Kier alpha value is -1.05. The van der Waals surface area contributed by atoms with Crippen LogP contribution in [0.25, 0.3) is 0 Å². The van der Waals surface area contributed by atoms with E-state index in [9.17, 15) is 4.79 Å². The van der Waals surface area contributed by atoms with Gasteiger partial charge in [-0.3, -0.25) is 4.79 Å². The summed E-state index contributed by atoms with van der Waals surface area (Å²) in [5.74, 6) is 0.0337. The number of allylic oxidation sites excluding steroid dienone is 2. The maximum absolute atomic E-state index is 10.3. The van der Waals surface area contributed by atoms with Crippen molar-refractivity contribution in [1.82, 2.24) is 5.32 Å². The van der Waals surface area contributed by atoms with Crippen LogP contribution in [-0.4, -0.2) is 12.8 Å². The first kappa shape index (κ1) is 7.95. The van der Waals surface area contributed by atoms with Gasteiger partial charge < -0.3 is 5.32 Å². The molecule has 0 rings (SSSR count). The molecule has 0 aliphatic heterocycles. The molecule has 1 N–H and O–H groups in total. The summed E-state index contributed by atoms with van der Waals surface area (Å²) < 4.78 is 0. The summed E-state index contributed by atoms with van der Waals surface area (Å²) in [6.45, 7) is 5.09. The number of carbonyl (C=O) groups is 1. The Morgan fingerprint density at radius 3 is 2.44 bits per heavy atom. The zero-order valence-electron chi connectivity index (χ0n) is 5.77. The third-order valence-electron chi connectivity index (χ3n) is 0.840. The highest BCUT2D eigenvalue weighted by Gasteiger charge is 1.81. The van der Waals surface area contributed by atoms with E-state index >= 15 is 0 Å². The zero-order valence-corrected chi connectivity index (χ0v) is 5.77. The fourth-order valence-electron chi connectivity index (χ4n) is 0.301. The van der Waals surface area contributed by atoms with Crippen LogP contribution in [0.4, 0.5) is 0 Å². The summed E-state index contributed by atoms with van der Waals surface area (Å²) in [7, 11) is 1.76. The second-order valence-corrected chi connectivity index (χ2v) is 1.72. The molecule has 0 aliphatic carbocycles. The Morgan fingerprint density at radius 2 is 2.11 bits per heavy atom. The molecule has 0 aromatic carbocycles. The van der Waals surface area contributed by atoms with Gasteiger partial charge in [0.05, 0.1) is 0 Å². The lowest BCUT2D eigenvalue weighted by molar-refractivity contribution is -0.112. The van der Waals surface area contributed by atoms with Crippen molar-refractivity contribution in [2.24, 2.45) is 0 Å². The molecular formula is C7H11NO. The van der Waals surface area contributed by atoms with Gasteiger partial charge in [-0.05, 0) is 19.1 Å². The van der Waals surface area contributed by atoms with E-state index in [1.54, 1.807) is 13.1 Å². The van der Waals surface area contributed by atoms with E-state index in [2.05, 4.69) is 11.9 Å². The van der Waals surface area contributed by atoms with Crippen molar-refractivity contribution in [3.63, 3.8) is 0 Å². The summed E-state index contributed by atoms with van der Waals surface area (Å²) in [6, 6.07) is 0. The van der Waals surface area contributed by atoms with Crippen molar-refractivity contribution < 1.29 is 4.79 Å². The molecule has 0 atom stereocenters. The number of rotatable bonds is 3. The van der Waals surface area contributed by atoms with Crippen LogP contribution in [0.3, 0.4) is 0 Å². The fraction of sp³-hybridized carbons (Fsp3) is 0.286. The SMILES string of the molecule is C=C(/C=C\C(C)=O)NC. The number of hydrogen-bond donors (Lipinski definition) is 1. The van der Waals surface area contributed by atoms with Gasteiger partial charge in [-0.2, -0.15) is 0 Å². The van der Waals surface area contributed by atoms with Crippen molar-refractivity contribution >= 4 is 5.78 Å². The van der Waals surface area contributed by atoms with Gasteiger partial charge in [0.1, 0.15) is 0 Å². The van der Waals surface area contributed by atoms with Gasteiger partial charge in [0.2, 0.25) is 0 Å². The summed E-state index contributed by atoms with van der Waals surface area (Å²) in [6.07, 6.45) is 3.11. The highest BCUT2D eigenvalue weighted by molar-refractivity contribution is 5.87. The summed E-state index contributed by atoms with van der Waals surface area (Å²) in [5.41, 5.74) is 0.741. The van der Waals surface area contributed by atoms with Crippen molar-refractivity contribution in [2.45, 2.75) is 6.92 Å². The fourth-order valence-corrected chi connectivity index (χ4v) is 0.301. The zero-order chi connectivity index (χ0) is 7.28. The first-order valence-electron chi connectivity index (χ1n) is 2.72. The molecule has 0 aliphatic rings. The topological polar surface area (TPSA) is 29.1 Å². The van der Waals surface area contributed by atoms with Gasteiger partial charge in [-0.25, -0.2) is 0 Å². The molecule has 0 saturated carbocycles. The summed E-state index contributed by atoms with van der Waals surface area (Å²) in [4.78, 5) is 10.3. The first-order chi connectivity index (χ1) is 4.16. The number of nitrogens with one attached hydrogen (secondary N) is 1. The van der Waals surface area contributed by atoms with Crippen molar-refractivity contribution in [3.8, 4) is 0 Å². The number of hydrogen-bond acceptors (Lipinski definition) is 2. The molecular weight excluding hydrogens is 114 g/mol. The third kappa shape index (κ3) is 4.81. The van der Waals surface area contributed by atoms with E-state index in [1.807, 2.05) is 0 Å². The Labute approximate surface area is 55.3 Å². The van der Waals surface area contributed by atoms with Crippen LogP contribution in [0.1, 0.15) is 6.92 Å². The molecule has 0 fully saturated rings. The summed E-state index contributed by atoms with van der Waals surface area (Å²) >= 11 is 0. The molecule has 0 spiro atoms. The highest BCUT2D eigenvalue weighted by atomic mass is 16.1. The van der Waals surface area contributed by atoms with E-state index in [-0.39, 0.29) is 5.78 Å². The minimum Gasteiger partial charge on any atom is -0.389 e. The molecule has 0 bridgehead atoms. The van der Waals surface area contributed by atoms with Crippen molar-refractivity contribution in [2.75, 3.05) is 7.05 Å². The standard InChI is InChI=1S/C7H11NO/c1-6(8-3)4-5-7(2)9/h4-5,8H,1H2,2-3H3/b5-4-. The second-order valence-electron chi connectivity index (χ2n) is 1.72. The predicted molar refractivity (Wildman–Crippen MR) is 38.0 cm³/mol. The van der Waals surface area contributed by atoms with Crippen molar-refractivity contribution in [3.05, 3.63) is 24.4 Å². The highest BCUT2D eigenvalue weighted by Crippen LogP contribution is 1.84. The van der Waals surface area contributed by atoms with E-state index in [0.29, 0.717) is 0 Å². The molecule has 2 heteroatoms. The summed E-state index contributed by atoms with van der Waals surface area (Å²) in [5, 5.41) is 2.79. The largest absolute Gasteiger partial charge is 0.389 e. The maximum Gasteiger partial charge on any atom is 0.152 e. The van der Waals surface area contributed by atoms with Crippen LogP contribution >= 0.6 is 0 Å². The first-order valence-corrected chi connectivity index (χ1v) is 2.72. The average Bonchev–Trinajstić information content (AvgIpc) is 1.83. The maximum atomic E-state index is 10.3. The lowest BCUT2D eigenvalue weighted by Gasteiger charge is -1.92. The Bertz CT molecular complexity index is 147. The van der Waals surface area contributed by atoms with E-state index in [1.165, 1.54) is 13.0 Å². The van der Waals surface area contributed by atoms with Gasteiger partial charge >= 0.3 is 0 Å². The van der Waals surface area contributed by atoms with Gasteiger partial charge in [0.25, 0.3) is 0 Å². The lowest BCUT2D eigenvalue weighted by Crippen LogP contribution is -2.00. The van der Waals surface area contributed by atoms with Gasteiger partial charge in [0, 0.05) is 12.7 Å². The molecule has 2 nitrogen and oxygen atoms in total. The number of carbonyl (C=O) groups excluding carboxylic acids is 1. The molecule has 0 radical (unpaired) electrons. The van der Waals surface area contributed by atoms with E-state index in [4.69, 9.17) is 0 Å². The Morgan fingerprint density at radius 1 is 1.56 bits per heavy atom. The third-order valence-corrected chi connectivity index (χ3v) is 0.840. The smallest absolute Gasteiger partial charge is 0.152 e. The van der Waals surface area contributed by atoms with E-state index < -0.39 is 0 Å². The monoisotopic (exact) mass is 125 g/mol.